The molecule has 0 saturated carbocycles. The van der Waals surface area contributed by atoms with Gasteiger partial charge in [-0.05, 0) is 26.8 Å². The van der Waals surface area contributed by atoms with E-state index in [9.17, 15) is 0 Å². The average Bonchev–Trinajstić information content (AvgIpc) is 2.64. The third-order valence-corrected chi connectivity index (χ3v) is 2.50. The number of rotatable bonds is 6. The number of hydrogen-bond donors (Lipinski definition) is 1. The molecule has 1 aliphatic heterocycles. The lowest BCUT2D eigenvalue weighted by molar-refractivity contribution is -0.0527. The van der Waals surface area contributed by atoms with Gasteiger partial charge in [0, 0.05) is 12.5 Å². The van der Waals surface area contributed by atoms with Crippen LogP contribution in [0.3, 0.4) is 0 Å². The smallest absolute Gasteiger partial charge is 0.159 e. The number of hydrogen-bond acceptors (Lipinski definition) is 3. The van der Waals surface area contributed by atoms with Crippen LogP contribution in [0.5, 0.6) is 0 Å². The Labute approximate surface area is 86.5 Å². The van der Waals surface area contributed by atoms with E-state index in [0.717, 1.165) is 32.5 Å². The summed E-state index contributed by atoms with van der Waals surface area (Å²) < 4.78 is 10.8. The first kappa shape index (κ1) is 11.7. The molecular formula is C11H21NO2. The second-order valence-electron chi connectivity index (χ2n) is 3.89. The van der Waals surface area contributed by atoms with Gasteiger partial charge in [-0.3, -0.25) is 0 Å². The van der Waals surface area contributed by atoms with E-state index >= 15 is 0 Å². The van der Waals surface area contributed by atoms with E-state index in [1.165, 1.54) is 5.57 Å². The molecule has 1 unspecified atom stereocenters. The van der Waals surface area contributed by atoms with Crippen LogP contribution in [-0.4, -0.2) is 32.6 Å². The Balaban J connectivity index is 2.19. The minimum atomic E-state index is -0.00225. The van der Waals surface area contributed by atoms with E-state index in [1.54, 1.807) is 0 Å². The summed E-state index contributed by atoms with van der Waals surface area (Å²) in [5.41, 5.74) is 1.23. The minimum absolute atomic E-state index is 0.00225. The molecule has 1 atom stereocenters. The van der Waals surface area contributed by atoms with Crippen LogP contribution in [0.15, 0.2) is 12.2 Å². The molecule has 0 aliphatic carbocycles. The van der Waals surface area contributed by atoms with Crippen molar-refractivity contribution in [3.05, 3.63) is 12.2 Å². The van der Waals surface area contributed by atoms with Crippen molar-refractivity contribution in [2.24, 2.45) is 0 Å². The second kappa shape index (κ2) is 6.17. The summed E-state index contributed by atoms with van der Waals surface area (Å²) in [7, 11) is 1.98. The molecule has 14 heavy (non-hydrogen) atoms. The number of allylic oxidation sites excluding steroid dienone is 1. The molecule has 0 radical (unpaired) electrons. The van der Waals surface area contributed by atoms with Gasteiger partial charge in [0.05, 0.1) is 13.2 Å². The summed E-state index contributed by atoms with van der Waals surface area (Å²) in [5.74, 6) is 0. The highest BCUT2D eigenvalue weighted by atomic mass is 16.7. The fraction of sp³-hybridized carbons (Fsp3) is 0.818. The summed E-state index contributed by atoms with van der Waals surface area (Å²) in [6.07, 6.45) is 3.11. The fourth-order valence-electron chi connectivity index (χ4n) is 1.58. The molecule has 0 aromatic heterocycles. The first-order chi connectivity index (χ1) is 6.72. The molecule has 1 fully saturated rings. The van der Waals surface area contributed by atoms with Crippen LogP contribution in [-0.2, 0) is 9.47 Å². The largest absolute Gasteiger partial charge is 0.350 e. The Morgan fingerprint density at radius 2 is 2.14 bits per heavy atom. The Morgan fingerprint density at radius 3 is 2.64 bits per heavy atom. The third kappa shape index (κ3) is 4.22. The lowest BCUT2D eigenvalue weighted by Gasteiger charge is -2.19. The first-order valence-corrected chi connectivity index (χ1v) is 5.27. The highest BCUT2D eigenvalue weighted by molar-refractivity contribution is 4.89. The molecular weight excluding hydrogens is 178 g/mol. The molecule has 3 nitrogen and oxygen atoms in total. The van der Waals surface area contributed by atoms with Crippen molar-refractivity contribution in [2.45, 2.75) is 38.5 Å². The van der Waals surface area contributed by atoms with E-state index < -0.39 is 0 Å². The molecule has 0 aromatic rings. The maximum absolute atomic E-state index is 5.41. The molecule has 1 N–H and O–H groups in total. The van der Waals surface area contributed by atoms with Crippen molar-refractivity contribution in [3.8, 4) is 0 Å². The summed E-state index contributed by atoms with van der Waals surface area (Å²) >= 11 is 0. The van der Waals surface area contributed by atoms with Gasteiger partial charge in [-0.2, -0.15) is 0 Å². The summed E-state index contributed by atoms with van der Waals surface area (Å²) in [6.45, 7) is 7.44. The normalized spacial score (nSPS) is 19.9. The van der Waals surface area contributed by atoms with Crippen molar-refractivity contribution in [1.82, 2.24) is 5.32 Å². The zero-order valence-electron chi connectivity index (χ0n) is 9.21. The second-order valence-corrected chi connectivity index (χ2v) is 3.89. The van der Waals surface area contributed by atoms with Gasteiger partial charge in [-0.25, -0.2) is 0 Å². The van der Waals surface area contributed by atoms with Crippen molar-refractivity contribution in [1.29, 1.82) is 0 Å². The molecule has 1 aliphatic rings. The average molecular weight is 199 g/mol. The van der Waals surface area contributed by atoms with E-state index in [-0.39, 0.29) is 6.29 Å². The van der Waals surface area contributed by atoms with Gasteiger partial charge in [0.15, 0.2) is 6.29 Å². The van der Waals surface area contributed by atoms with Crippen LogP contribution < -0.4 is 5.32 Å². The van der Waals surface area contributed by atoms with E-state index in [1.807, 2.05) is 7.05 Å². The van der Waals surface area contributed by atoms with E-state index in [4.69, 9.17) is 9.47 Å². The molecule has 3 heteroatoms. The molecule has 0 amide bonds. The first-order valence-electron chi connectivity index (χ1n) is 5.27. The Kier molecular flexibility index (Phi) is 5.15. The zero-order valence-corrected chi connectivity index (χ0v) is 9.21. The third-order valence-electron chi connectivity index (χ3n) is 2.50. The van der Waals surface area contributed by atoms with Crippen LogP contribution in [0, 0.1) is 0 Å². The molecule has 82 valence electrons. The van der Waals surface area contributed by atoms with Gasteiger partial charge >= 0.3 is 0 Å². The monoisotopic (exact) mass is 199 g/mol. The molecule has 0 spiro atoms. The van der Waals surface area contributed by atoms with Gasteiger partial charge in [0.25, 0.3) is 0 Å². The molecule has 1 saturated heterocycles. The quantitative estimate of drug-likeness (QED) is 0.660. The molecule has 1 rings (SSSR count). The van der Waals surface area contributed by atoms with Crippen LogP contribution in [0.4, 0.5) is 0 Å². The minimum Gasteiger partial charge on any atom is -0.350 e. The SMILES string of the molecule is C=C(C)CCC(CC1OCCO1)NC. The van der Waals surface area contributed by atoms with E-state index in [0.29, 0.717) is 6.04 Å². The van der Waals surface area contributed by atoms with E-state index in [2.05, 4.69) is 18.8 Å². The lowest BCUT2D eigenvalue weighted by Crippen LogP contribution is -2.30. The van der Waals surface area contributed by atoms with Gasteiger partial charge in [-0.15, -0.1) is 6.58 Å². The van der Waals surface area contributed by atoms with Crippen molar-refractivity contribution in [2.75, 3.05) is 20.3 Å². The van der Waals surface area contributed by atoms with Gasteiger partial charge in [-0.1, -0.05) is 5.57 Å². The zero-order chi connectivity index (χ0) is 10.4. The molecule has 1 heterocycles. The maximum Gasteiger partial charge on any atom is 0.159 e. The van der Waals surface area contributed by atoms with Gasteiger partial charge in [0.2, 0.25) is 0 Å². The lowest BCUT2D eigenvalue weighted by atomic mass is 10.0. The van der Waals surface area contributed by atoms with Gasteiger partial charge in [0.1, 0.15) is 0 Å². The number of nitrogens with one attached hydrogen (secondary N) is 1. The fourth-order valence-corrected chi connectivity index (χ4v) is 1.58. The standard InChI is InChI=1S/C11H21NO2/c1-9(2)4-5-10(12-3)8-11-13-6-7-14-11/h10-12H,1,4-8H2,2-3H3. The van der Waals surface area contributed by atoms with Crippen LogP contribution in [0.25, 0.3) is 0 Å². The molecule has 0 bridgehead atoms. The Bertz CT molecular complexity index is 176. The van der Waals surface area contributed by atoms with Crippen LogP contribution in [0.2, 0.25) is 0 Å². The predicted octanol–water partition coefficient (Wildman–Crippen LogP) is 1.69. The molecule has 0 aromatic carbocycles. The summed E-state index contributed by atoms with van der Waals surface area (Å²) in [5, 5.41) is 3.28. The number of ether oxygens (including phenoxy) is 2. The van der Waals surface area contributed by atoms with Crippen molar-refractivity contribution < 1.29 is 9.47 Å². The predicted molar refractivity (Wildman–Crippen MR) is 57.2 cm³/mol. The Morgan fingerprint density at radius 1 is 1.50 bits per heavy atom. The highest BCUT2D eigenvalue weighted by Crippen LogP contribution is 2.14. The topological polar surface area (TPSA) is 30.5 Å². The summed E-state index contributed by atoms with van der Waals surface area (Å²) in [6, 6.07) is 0.467. The van der Waals surface area contributed by atoms with Crippen LogP contribution >= 0.6 is 0 Å². The maximum atomic E-state index is 5.41. The summed E-state index contributed by atoms with van der Waals surface area (Å²) in [4.78, 5) is 0. The highest BCUT2D eigenvalue weighted by Gasteiger charge is 2.20. The van der Waals surface area contributed by atoms with Crippen molar-refractivity contribution in [3.63, 3.8) is 0 Å². The Hall–Kier alpha value is -0.380. The van der Waals surface area contributed by atoms with Crippen LogP contribution in [0.1, 0.15) is 26.2 Å². The van der Waals surface area contributed by atoms with Gasteiger partial charge < -0.3 is 14.8 Å². The van der Waals surface area contributed by atoms with Crippen molar-refractivity contribution >= 4 is 0 Å².